The Balaban J connectivity index is 1.52. The third kappa shape index (κ3) is 3.60. The molecule has 0 fully saturated rings. The second-order valence-corrected chi connectivity index (χ2v) is 5.48. The first-order valence-electron chi connectivity index (χ1n) is 7.70. The van der Waals surface area contributed by atoms with Gasteiger partial charge in [0.15, 0.2) is 5.78 Å². The van der Waals surface area contributed by atoms with Crippen LogP contribution < -0.4 is 5.32 Å². The summed E-state index contributed by atoms with van der Waals surface area (Å²) in [5, 5.41) is 7.02. The van der Waals surface area contributed by atoms with Crippen LogP contribution in [0.3, 0.4) is 0 Å². The number of nitrogens with zero attached hydrogens (tertiary/aromatic N) is 2. The molecule has 0 aliphatic rings. The van der Waals surface area contributed by atoms with Crippen LogP contribution in [0.5, 0.6) is 0 Å². The van der Waals surface area contributed by atoms with Crippen LogP contribution in [0.2, 0.25) is 0 Å². The molecule has 2 heterocycles. The number of aromatic nitrogens is 3. The molecule has 0 spiro atoms. The standard InChI is InChI=1S/C18H18N4O2/c1-13(23)15-11-17(20-12-15)18(24)19-9-7-14-3-5-16(6-4-14)22-10-2-8-21-22/h2-6,8,10-12,20H,7,9H2,1H3,(H,19,24). The van der Waals surface area contributed by atoms with Crippen LogP contribution in [0.15, 0.2) is 55.0 Å². The second-order valence-electron chi connectivity index (χ2n) is 5.48. The number of nitrogens with one attached hydrogen (secondary N) is 2. The van der Waals surface area contributed by atoms with Gasteiger partial charge in [-0.1, -0.05) is 12.1 Å². The van der Waals surface area contributed by atoms with Crippen LogP contribution in [0.1, 0.15) is 33.3 Å². The molecule has 0 aliphatic carbocycles. The number of amides is 1. The van der Waals surface area contributed by atoms with Gasteiger partial charge < -0.3 is 10.3 Å². The number of carbonyl (C=O) groups is 2. The lowest BCUT2D eigenvalue weighted by molar-refractivity contribution is 0.0949. The lowest BCUT2D eigenvalue weighted by atomic mass is 10.1. The molecule has 2 aromatic heterocycles. The van der Waals surface area contributed by atoms with Gasteiger partial charge in [0.05, 0.1) is 5.69 Å². The van der Waals surface area contributed by atoms with E-state index in [1.165, 1.54) is 6.92 Å². The average molecular weight is 322 g/mol. The maximum Gasteiger partial charge on any atom is 0.267 e. The van der Waals surface area contributed by atoms with Crippen LogP contribution >= 0.6 is 0 Å². The van der Waals surface area contributed by atoms with Gasteiger partial charge in [-0.15, -0.1) is 0 Å². The predicted octanol–water partition coefficient (Wildman–Crippen LogP) is 2.38. The molecule has 3 rings (SSSR count). The zero-order valence-corrected chi connectivity index (χ0v) is 13.3. The summed E-state index contributed by atoms with van der Waals surface area (Å²) in [6.45, 7) is 1.99. The SMILES string of the molecule is CC(=O)c1c[nH]c(C(=O)NCCc2ccc(-n3cccn3)cc2)c1. The van der Waals surface area contributed by atoms with Crippen molar-refractivity contribution in [3.63, 3.8) is 0 Å². The Morgan fingerprint density at radius 3 is 2.67 bits per heavy atom. The molecule has 6 nitrogen and oxygen atoms in total. The monoisotopic (exact) mass is 322 g/mol. The molecule has 0 saturated carbocycles. The van der Waals surface area contributed by atoms with Gasteiger partial charge in [-0.2, -0.15) is 5.10 Å². The minimum atomic E-state index is -0.212. The smallest absolute Gasteiger partial charge is 0.267 e. The summed E-state index contributed by atoms with van der Waals surface area (Å²) < 4.78 is 1.80. The summed E-state index contributed by atoms with van der Waals surface area (Å²) in [5.41, 5.74) is 3.03. The maximum atomic E-state index is 12.0. The molecule has 0 saturated heterocycles. The normalized spacial score (nSPS) is 10.5. The minimum Gasteiger partial charge on any atom is -0.356 e. The van der Waals surface area contributed by atoms with Crippen LogP contribution in [0, 0.1) is 0 Å². The van der Waals surface area contributed by atoms with Gasteiger partial charge in [0.1, 0.15) is 5.69 Å². The number of rotatable bonds is 6. The molecule has 1 amide bonds. The predicted molar refractivity (Wildman–Crippen MR) is 90.4 cm³/mol. The molecular weight excluding hydrogens is 304 g/mol. The van der Waals surface area contributed by atoms with Crippen molar-refractivity contribution in [2.75, 3.05) is 6.54 Å². The van der Waals surface area contributed by atoms with E-state index in [2.05, 4.69) is 15.4 Å². The number of benzene rings is 1. The highest BCUT2D eigenvalue weighted by Crippen LogP contribution is 2.09. The Morgan fingerprint density at radius 1 is 1.25 bits per heavy atom. The van der Waals surface area contributed by atoms with Gasteiger partial charge in [-0.05, 0) is 43.2 Å². The van der Waals surface area contributed by atoms with Gasteiger partial charge in [0.25, 0.3) is 5.91 Å². The Morgan fingerprint density at radius 2 is 2.04 bits per heavy atom. The highest BCUT2D eigenvalue weighted by Gasteiger charge is 2.10. The van der Waals surface area contributed by atoms with E-state index in [0.29, 0.717) is 17.8 Å². The third-order valence-corrected chi connectivity index (χ3v) is 3.74. The van der Waals surface area contributed by atoms with E-state index in [1.54, 1.807) is 23.1 Å². The van der Waals surface area contributed by atoms with E-state index < -0.39 is 0 Å². The number of hydrogen-bond acceptors (Lipinski definition) is 3. The quantitative estimate of drug-likeness (QED) is 0.684. The maximum absolute atomic E-state index is 12.0. The number of ketones is 1. The lowest BCUT2D eigenvalue weighted by Gasteiger charge is -2.06. The number of hydrogen-bond donors (Lipinski definition) is 2. The molecule has 0 radical (unpaired) electrons. The van der Waals surface area contributed by atoms with E-state index >= 15 is 0 Å². The van der Waals surface area contributed by atoms with Gasteiger partial charge >= 0.3 is 0 Å². The molecule has 24 heavy (non-hydrogen) atoms. The second kappa shape index (κ2) is 6.95. The van der Waals surface area contributed by atoms with Crippen molar-refractivity contribution in [1.82, 2.24) is 20.1 Å². The number of H-pyrrole nitrogens is 1. The third-order valence-electron chi connectivity index (χ3n) is 3.74. The highest BCUT2D eigenvalue weighted by molar-refractivity contribution is 5.99. The van der Waals surface area contributed by atoms with Gasteiger partial charge in [-0.3, -0.25) is 9.59 Å². The first kappa shape index (κ1) is 15.7. The first-order chi connectivity index (χ1) is 11.6. The number of carbonyl (C=O) groups excluding carboxylic acids is 2. The summed E-state index contributed by atoms with van der Waals surface area (Å²) in [6.07, 6.45) is 5.90. The van der Waals surface area contributed by atoms with E-state index in [4.69, 9.17) is 0 Å². The van der Waals surface area contributed by atoms with Gasteiger partial charge in [0, 0.05) is 30.7 Å². The van der Waals surface area contributed by atoms with Gasteiger partial charge in [-0.25, -0.2) is 4.68 Å². The van der Waals surface area contributed by atoms with E-state index in [0.717, 1.165) is 17.7 Å². The summed E-state index contributed by atoms with van der Waals surface area (Å²) in [7, 11) is 0. The van der Waals surface area contributed by atoms with Gasteiger partial charge in [0.2, 0.25) is 0 Å². The summed E-state index contributed by atoms with van der Waals surface area (Å²) in [5.74, 6) is -0.279. The fourth-order valence-electron chi connectivity index (χ4n) is 2.38. The van der Waals surface area contributed by atoms with Crippen molar-refractivity contribution in [2.45, 2.75) is 13.3 Å². The summed E-state index contributed by atoms with van der Waals surface area (Å²) >= 11 is 0. The molecule has 0 aliphatic heterocycles. The Hall–Kier alpha value is -3.15. The molecule has 3 aromatic rings. The van der Waals surface area contributed by atoms with Crippen molar-refractivity contribution >= 4 is 11.7 Å². The van der Waals surface area contributed by atoms with Crippen LogP contribution in [-0.2, 0) is 6.42 Å². The fourth-order valence-corrected chi connectivity index (χ4v) is 2.38. The zero-order valence-electron chi connectivity index (χ0n) is 13.3. The Labute approximate surface area is 139 Å². The van der Waals surface area contributed by atoms with Crippen molar-refractivity contribution in [2.24, 2.45) is 0 Å². The molecule has 122 valence electrons. The molecule has 0 bridgehead atoms. The Bertz CT molecular complexity index is 832. The fraction of sp³-hybridized carbons (Fsp3) is 0.167. The average Bonchev–Trinajstić information content (AvgIpc) is 3.27. The Kier molecular flexibility index (Phi) is 4.56. The molecule has 6 heteroatoms. The van der Waals surface area contributed by atoms with E-state index in [9.17, 15) is 9.59 Å². The van der Waals surface area contributed by atoms with Crippen LogP contribution in [-0.4, -0.2) is 33.0 Å². The van der Waals surface area contributed by atoms with Crippen molar-refractivity contribution in [3.05, 3.63) is 71.8 Å². The number of Topliss-reactive ketones (excluding diaryl/α,β-unsaturated/α-hetero) is 1. The van der Waals surface area contributed by atoms with E-state index in [-0.39, 0.29) is 11.7 Å². The van der Waals surface area contributed by atoms with Crippen LogP contribution in [0.25, 0.3) is 5.69 Å². The minimum absolute atomic E-state index is 0.0671. The molecule has 0 atom stereocenters. The summed E-state index contributed by atoms with van der Waals surface area (Å²) in [4.78, 5) is 26.1. The van der Waals surface area contributed by atoms with Crippen LogP contribution in [0.4, 0.5) is 0 Å². The molecule has 1 aromatic carbocycles. The number of aromatic amines is 1. The van der Waals surface area contributed by atoms with Crippen molar-refractivity contribution < 1.29 is 9.59 Å². The topological polar surface area (TPSA) is 79.8 Å². The van der Waals surface area contributed by atoms with E-state index in [1.807, 2.05) is 36.5 Å². The molecule has 2 N–H and O–H groups in total. The van der Waals surface area contributed by atoms with Crippen molar-refractivity contribution in [1.29, 1.82) is 0 Å². The molecule has 0 unspecified atom stereocenters. The summed E-state index contributed by atoms with van der Waals surface area (Å²) in [6, 6.07) is 11.5. The van der Waals surface area contributed by atoms with Crippen molar-refractivity contribution in [3.8, 4) is 5.69 Å². The highest BCUT2D eigenvalue weighted by atomic mass is 16.2. The largest absolute Gasteiger partial charge is 0.356 e. The zero-order chi connectivity index (χ0) is 16.9. The lowest BCUT2D eigenvalue weighted by Crippen LogP contribution is -2.25. The molecular formula is C18H18N4O2. The first-order valence-corrected chi connectivity index (χ1v) is 7.70.